The van der Waals surface area contributed by atoms with Crippen molar-refractivity contribution in [2.75, 3.05) is 5.32 Å². The molecule has 8 nitrogen and oxygen atoms in total. The van der Waals surface area contributed by atoms with E-state index in [0.717, 1.165) is 11.4 Å². The molecule has 0 saturated heterocycles. The zero-order valence-corrected chi connectivity index (χ0v) is 17.9. The smallest absolute Gasteiger partial charge is 0.257 e. The number of nitrogens with one attached hydrogen (secondary N) is 2. The van der Waals surface area contributed by atoms with E-state index in [2.05, 4.69) is 34.1 Å². The molecule has 3 rings (SSSR count). The number of carbonyl (C=O) groups is 1. The van der Waals surface area contributed by atoms with Gasteiger partial charge in [0.15, 0.2) is 0 Å². The van der Waals surface area contributed by atoms with Gasteiger partial charge in [-0.05, 0) is 42.7 Å². The lowest BCUT2D eigenvalue weighted by atomic mass is 10.1. The fourth-order valence-electron chi connectivity index (χ4n) is 2.58. The summed E-state index contributed by atoms with van der Waals surface area (Å²) in [7, 11) is -3.81. The van der Waals surface area contributed by atoms with Gasteiger partial charge in [0.05, 0.1) is 17.7 Å². The summed E-state index contributed by atoms with van der Waals surface area (Å²) in [6, 6.07) is 7.76. The van der Waals surface area contributed by atoms with Gasteiger partial charge in [0.2, 0.25) is 15.2 Å². The minimum Gasteiger partial charge on any atom is -0.468 e. The monoisotopic (exact) mass is 434 g/mol. The number of aryl methyl sites for hydroxylation is 1. The molecule has 29 heavy (non-hydrogen) atoms. The second-order valence-corrected chi connectivity index (χ2v) is 9.76. The Balaban J connectivity index is 1.75. The molecule has 0 radical (unpaired) electrons. The third-order valence-electron chi connectivity index (χ3n) is 4.05. The maximum atomic E-state index is 12.7. The molecule has 0 aliphatic heterocycles. The van der Waals surface area contributed by atoms with Crippen LogP contribution in [0.2, 0.25) is 0 Å². The normalized spacial score (nSPS) is 11.7. The predicted molar refractivity (Wildman–Crippen MR) is 110 cm³/mol. The highest BCUT2D eigenvalue weighted by atomic mass is 32.2. The number of hydrogen-bond donors (Lipinski definition) is 2. The van der Waals surface area contributed by atoms with Crippen molar-refractivity contribution in [2.24, 2.45) is 5.92 Å². The van der Waals surface area contributed by atoms with Crippen LogP contribution in [0.4, 0.5) is 5.13 Å². The number of carbonyl (C=O) groups excluding carboxylic acids is 1. The van der Waals surface area contributed by atoms with Crippen LogP contribution in [-0.4, -0.2) is 24.5 Å². The van der Waals surface area contributed by atoms with Crippen molar-refractivity contribution in [3.8, 4) is 0 Å². The van der Waals surface area contributed by atoms with Gasteiger partial charge >= 0.3 is 0 Å². The van der Waals surface area contributed by atoms with Crippen molar-refractivity contribution in [3.05, 3.63) is 58.5 Å². The molecule has 1 aromatic carbocycles. The van der Waals surface area contributed by atoms with E-state index < -0.39 is 15.9 Å². The standard InChI is InChI=1S/C19H22N4O4S2/c1-12(2)9-17-22-23-19(28-17)21-18(24)16-10-15(7-6-13(16)3)29(25,26)20-11-14-5-4-8-27-14/h4-8,10,12,20H,9,11H2,1-3H3,(H,21,23,24). The lowest BCUT2D eigenvalue weighted by Gasteiger charge is -2.10. The van der Waals surface area contributed by atoms with Crippen LogP contribution in [0.15, 0.2) is 45.9 Å². The van der Waals surface area contributed by atoms with Crippen LogP contribution in [0, 0.1) is 12.8 Å². The van der Waals surface area contributed by atoms with Gasteiger partial charge < -0.3 is 4.42 Å². The van der Waals surface area contributed by atoms with E-state index in [1.165, 1.54) is 29.7 Å². The van der Waals surface area contributed by atoms with Gasteiger partial charge in [0.25, 0.3) is 5.91 Å². The number of rotatable bonds is 8. The molecule has 0 unspecified atom stereocenters. The Kier molecular flexibility index (Phi) is 6.46. The summed E-state index contributed by atoms with van der Waals surface area (Å²) in [6.07, 6.45) is 2.25. The van der Waals surface area contributed by atoms with Crippen LogP contribution in [-0.2, 0) is 23.0 Å². The average molecular weight is 435 g/mol. The fourth-order valence-corrected chi connectivity index (χ4v) is 4.54. The van der Waals surface area contributed by atoms with E-state index >= 15 is 0 Å². The Labute approximate surface area is 173 Å². The Hall–Kier alpha value is -2.56. The highest BCUT2D eigenvalue weighted by molar-refractivity contribution is 7.89. The molecule has 10 heteroatoms. The van der Waals surface area contributed by atoms with Gasteiger partial charge in [0, 0.05) is 12.0 Å². The van der Waals surface area contributed by atoms with Gasteiger partial charge in [-0.1, -0.05) is 31.3 Å². The Morgan fingerprint density at radius 2 is 2.03 bits per heavy atom. The van der Waals surface area contributed by atoms with Gasteiger partial charge in [0.1, 0.15) is 10.8 Å². The van der Waals surface area contributed by atoms with Crippen molar-refractivity contribution < 1.29 is 17.6 Å². The van der Waals surface area contributed by atoms with Crippen molar-refractivity contribution in [1.82, 2.24) is 14.9 Å². The molecule has 3 aromatic rings. The molecule has 0 spiro atoms. The minimum absolute atomic E-state index is 0.00225. The molecule has 0 aliphatic carbocycles. The van der Waals surface area contributed by atoms with E-state index in [1.807, 2.05) is 0 Å². The molecule has 2 N–H and O–H groups in total. The number of nitrogens with zero attached hydrogens (tertiary/aromatic N) is 2. The first-order chi connectivity index (χ1) is 13.7. The van der Waals surface area contributed by atoms with Gasteiger partial charge in [-0.2, -0.15) is 0 Å². The maximum Gasteiger partial charge on any atom is 0.257 e. The van der Waals surface area contributed by atoms with Gasteiger partial charge in [-0.15, -0.1) is 10.2 Å². The molecule has 0 fully saturated rings. The van der Waals surface area contributed by atoms with Crippen molar-refractivity contribution >= 4 is 32.4 Å². The molecule has 0 bridgehead atoms. The first-order valence-electron chi connectivity index (χ1n) is 9.01. The highest BCUT2D eigenvalue weighted by Crippen LogP contribution is 2.21. The van der Waals surface area contributed by atoms with Crippen LogP contribution in [0.1, 0.15) is 40.5 Å². The first-order valence-corrected chi connectivity index (χ1v) is 11.3. The van der Waals surface area contributed by atoms with Crippen molar-refractivity contribution in [3.63, 3.8) is 0 Å². The molecule has 1 amide bonds. The second kappa shape index (κ2) is 8.85. The predicted octanol–water partition coefficient (Wildman–Crippen LogP) is 3.37. The topological polar surface area (TPSA) is 114 Å². The van der Waals surface area contributed by atoms with E-state index in [1.54, 1.807) is 25.1 Å². The molecule has 154 valence electrons. The minimum atomic E-state index is -3.81. The first kappa shape index (κ1) is 21.2. The maximum absolute atomic E-state index is 12.7. The third-order valence-corrected chi connectivity index (χ3v) is 6.31. The summed E-state index contributed by atoms with van der Waals surface area (Å²) >= 11 is 1.31. The molecule has 2 aromatic heterocycles. The van der Waals surface area contributed by atoms with Crippen LogP contribution in [0.3, 0.4) is 0 Å². The van der Waals surface area contributed by atoms with Crippen molar-refractivity contribution in [1.29, 1.82) is 0 Å². The quantitative estimate of drug-likeness (QED) is 0.562. The fraction of sp³-hybridized carbons (Fsp3) is 0.316. The van der Waals surface area contributed by atoms with Gasteiger partial charge in [-0.25, -0.2) is 13.1 Å². The molecule has 2 heterocycles. The van der Waals surface area contributed by atoms with E-state index in [-0.39, 0.29) is 17.0 Å². The zero-order valence-electron chi connectivity index (χ0n) is 16.3. The Morgan fingerprint density at radius 3 is 2.72 bits per heavy atom. The molecule has 0 aliphatic rings. The number of benzene rings is 1. The summed E-state index contributed by atoms with van der Waals surface area (Å²) in [5, 5.41) is 12.0. The van der Waals surface area contributed by atoms with Crippen LogP contribution >= 0.6 is 11.3 Å². The summed E-state index contributed by atoms with van der Waals surface area (Å²) in [5.41, 5.74) is 0.908. The van der Waals surface area contributed by atoms with Gasteiger partial charge in [-0.3, -0.25) is 10.1 Å². The third kappa shape index (κ3) is 5.49. The van der Waals surface area contributed by atoms with Crippen molar-refractivity contribution in [2.45, 2.75) is 38.6 Å². The number of anilines is 1. The number of hydrogen-bond acceptors (Lipinski definition) is 7. The largest absolute Gasteiger partial charge is 0.468 e. The van der Waals surface area contributed by atoms with Crippen LogP contribution < -0.4 is 10.0 Å². The molecule has 0 atom stereocenters. The summed E-state index contributed by atoms with van der Waals surface area (Å²) in [6.45, 7) is 5.92. The number of amides is 1. The summed E-state index contributed by atoms with van der Waals surface area (Å²) in [5.74, 6) is 0.495. The number of sulfonamides is 1. The molecule has 0 saturated carbocycles. The highest BCUT2D eigenvalue weighted by Gasteiger charge is 2.19. The molecular weight excluding hydrogens is 412 g/mol. The second-order valence-electron chi connectivity index (χ2n) is 6.93. The van der Waals surface area contributed by atoms with Crippen LogP contribution in [0.25, 0.3) is 0 Å². The Bertz CT molecular complexity index is 1090. The zero-order chi connectivity index (χ0) is 21.0. The van der Waals surface area contributed by atoms with Crippen LogP contribution in [0.5, 0.6) is 0 Å². The lowest BCUT2D eigenvalue weighted by Crippen LogP contribution is -2.24. The van der Waals surface area contributed by atoms with E-state index in [4.69, 9.17) is 4.42 Å². The van der Waals surface area contributed by atoms with E-state index in [9.17, 15) is 13.2 Å². The Morgan fingerprint density at radius 1 is 1.24 bits per heavy atom. The SMILES string of the molecule is Cc1ccc(S(=O)(=O)NCc2ccco2)cc1C(=O)Nc1nnc(CC(C)C)s1. The number of furan rings is 1. The average Bonchev–Trinajstić information content (AvgIpc) is 3.32. The van der Waals surface area contributed by atoms with E-state index in [0.29, 0.717) is 22.4 Å². The summed E-state index contributed by atoms with van der Waals surface area (Å²) < 4.78 is 32.7. The number of aromatic nitrogens is 2. The molecular formula is C19H22N4O4S2. The lowest BCUT2D eigenvalue weighted by molar-refractivity contribution is 0.102. The summed E-state index contributed by atoms with van der Waals surface area (Å²) in [4.78, 5) is 12.7.